The van der Waals surface area contributed by atoms with Gasteiger partial charge in [0.1, 0.15) is 28.8 Å². The van der Waals surface area contributed by atoms with E-state index in [1.54, 1.807) is 49.3 Å². The Labute approximate surface area is 602 Å². The number of oxime groups is 1. The average Bonchev–Trinajstić information content (AvgIpc) is 1.61. The van der Waals surface area contributed by atoms with E-state index in [9.17, 15) is 28.6 Å². The smallest absolute Gasteiger partial charge is 0.261 e. The van der Waals surface area contributed by atoms with Crippen molar-refractivity contribution in [2.45, 2.75) is 38.5 Å². The van der Waals surface area contributed by atoms with Gasteiger partial charge in [-0.3, -0.25) is 42.8 Å². The maximum atomic E-state index is 12.0. The number of rotatable bonds is 7. The Balaban J connectivity index is 0.000000190. The van der Waals surface area contributed by atoms with Gasteiger partial charge in [-0.05, 0) is 90.9 Å². The molecule has 0 unspecified atom stereocenters. The second-order valence-electron chi connectivity index (χ2n) is 22.5. The van der Waals surface area contributed by atoms with Gasteiger partial charge in [-0.25, -0.2) is 35.7 Å². The normalized spacial score (nSPS) is 12.4. The van der Waals surface area contributed by atoms with Crippen LogP contribution in [0.3, 0.4) is 0 Å². The van der Waals surface area contributed by atoms with Crippen LogP contribution in [0.25, 0.3) is 71.4 Å². The van der Waals surface area contributed by atoms with Crippen LogP contribution in [0, 0.1) is 6.57 Å². The van der Waals surface area contributed by atoms with E-state index in [1.165, 1.54) is 11.8 Å². The van der Waals surface area contributed by atoms with E-state index in [0.29, 0.717) is 24.3 Å². The van der Waals surface area contributed by atoms with Crippen molar-refractivity contribution in [2.24, 2.45) is 32.2 Å². The molecule has 0 aliphatic heterocycles. The number of para-hydroxylation sites is 3. The molecular formula is C72H68F3N17O9Sc. The van der Waals surface area contributed by atoms with Gasteiger partial charge in [0.25, 0.3) is 2.86 Å². The van der Waals surface area contributed by atoms with Crippen molar-refractivity contribution in [3.05, 3.63) is 252 Å². The van der Waals surface area contributed by atoms with Crippen molar-refractivity contribution in [3.8, 4) is 22.5 Å². The maximum Gasteiger partial charge on any atom is 0.261 e. The summed E-state index contributed by atoms with van der Waals surface area (Å²) in [5.41, 5.74) is 30.3. The van der Waals surface area contributed by atoms with Crippen molar-refractivity contribution in [3.63, 3.8) is 0 Å². The second-order valence-corrected chi connectivity index (χ2v) is 22.5. The van der Waals surface area contributed by atoms with Gasteiger partial charge in [0.05, 0.1) is 30.9 Å². The predicted octanol–water partition coefficient (Wildman–Crippen LogP) is 12.3. The van der Waals surface area contributed by atoms with Crippen LogP contribution >= 0.6 is 0 Å². The summed E-state index contributed by atoms with van der Waals surface area (Å²) >= 11 is 0. The number of nitrogens with zero attached hydrogens (tertiary/aromatic N) is 13. The fourth-order valence-electron chi connectivity index (χ4n) is 12.2. The number of halogens is 3. The third kappa shape index (κ3) is 16.8. The molecule has 0 saturated heterocycles. The van der Waals surface area contributed by atoms with Gasteiger partial charge >= 0.3 is 0 Å². The number of fused-ring (bicyclic) bond motifs is 8. The van der Waals surface area contributed by atoms with Gasteiger partial charge in [-0.15, -0.1) is 4.99 Å². The summed E-state index contributed by atoms with van der Waals surface area (Å²) in [5.74, 6) is 6.58. The minimum absolute atomic E-state index is 0. The van der Waals surface area contributed by atoms with E-state index in [1.807, 2.05) is 129 Å². The second kappa shape index (κ2) is 36.2. The van der Waals surface area contributed by atoms with Gasteiger partial charge in [-0.2, -0.15) is 5.90 Å². The summed E-state index contributed by atoms with van der Waals surface area (Å²) in [4.78, 5) is 65.5. The fourth-order valence-corrected chi connectivity index (χ4v) is 12.2. The molecule has 0 fully saturated rings. The molecule has 14 aromatic rings. The number of ketones is 2. The number of anilines is 5. The fraction of sp³-hybridized carbons (Fsp3) is 0.125. The van der Waals surface area contributed by atoms with E-state index < -0.39 is 0 Å². The monoisotopic (exact) mass is 1420 g/mol. The van der Waals surface area contributed by atoms with Crippen LogP contribution in [0.2, 0.25) is 0 Å². The van der Waals surface area contributed by atoms with Crippen molar-refractivity contribution in [1.82, 2.24) is 52.4 Å². The Morgan fingerprint density at radius 2 is 1.05 bits per heavy atom. The van der Waals surface area contributed by atoms with Crippen molar-refractivity contribution in [2.75, 3.05) is 16.4 Å². The first-order valence-corrected chi connectivity index (χ1v) is 30.5. The van der Waals surface area contributed by atoms with Crippen molar-refractivity contribution in [1.29, 1.82) is 2.86 Å². The molecule has 30 heteroatoms. The number of hydrogen-bond acceptors (Lipinski definition) is 19. The number of aryl methyl sites for hydroxylation is 6. The zero-order valence-electron chi connectivity index (χ0n) is 57.9. The summed E-state index contributed by atoms with van der Waals surface area (Å²) in [5, 5.41) is 34.0. The van der Waals surface area contributed by atoms with Crippen molar-refractivity contribution < 1.29 is 87.0 Å². The zero-order chi connectivity index (χ0) is 73.5. The first-order valence-electron chi connectivity index (χ1n) is 31.8. The first-order chi connectivity index (χ1) is 50.2. The molecule has 17 rings (SSSR count). The predicted molar refractivity (Wildman–Crippen MR) is 379 cm³/mol. The topological polar surface area (TPSA) is 367 Å². The Bertz CT molecular complexity index is 5360. The van der Waals surface area contributed by atoms with Crippen LogP contribution in [0.5, 0.6) is 0 Å². The Hall–Kier alpha value is -11.9. The average molecular weight is 1420 g/mol. The Morgan fingerprint density at radius 1 is 0.618 bits per heavy atom. The Morgan fingerprint density at radius 3 is 1.51 bits per heavy atom. The van der Waals surface area contributed by atoms with E-state index in [0.717, 1.165) is 161 Å². The number of nitrogen functional groups attached to an aromatic ring is 1. The van der Waals surface area contributed by atoms with Crippen LogP contribution in [-0.2, 0) is 71.2 Å². The Kier molecular flexibility index (Phi) is 25.9. The summed E-state index contributed by atoms with van der Waals surface area (Å²) in [7, 11) is 6.04. The number of hydrogen-bond donors (Lipinski definition) is 8. The number of aromatic nitrogens is 11. The zero-order valence-corrected chi connectivity index (χ0v) is 56.7. The van der Waals surface area contributed by atoms with Crippen LogP contribution in [-0.4, -0.2) is 105 Å². The van der Waals surface area contributed by atoms with E-state index in [4.69, 9.17) is 37.3 Å². The maximum absolute atomic E-state index is 12.0. The van der Waals surface area contributed by atoms with Crippen LogP contribution in [0.1, 0.15) is 74.0 Å². The molecule has 8 aromatic heterocycles. The van der Waals surface area contributed by atoms with Crippen LogP contribution in [0.4, 0.5) is 48.3 Å². The molecule has 12 N–H and O–H groups in total. The molecule has 1 radical (unpaired) electrons. The van der Waals surface area contributed by atoms with Crippen LogP contribution < -0.4 is 22.3 Å². The molecule has 8 heterocycles. The summed E-state index contributed by atoms with van der Waals surface area (Å²) in [6, 6.07) is 42.0. The van der Waals surface area contributed by atoms with E-state index >= 15 is 0 Å². The molecule has 26 nitrogen and oxygen atoms in total. The van der Waals surface area contributed by atoms with Crippen LogP contribution in [0.15, 0.2) is 207 Å². The third-order valence-electron chi connectivity index (χ3n) is 16.7. The molecule has 0 spiro atoms. The molecule has 0 bridgehead atoms. The molecule has 0 atom stereocenters. The van der Waals surface area contributed by atoms with Gasteiger partial charge in [0.2, 0.25) is 1.43 Å². The number of carbonyl (C=O) groups is 3. The molecule has 519 valence electrons. The van der Waals surface area contributed by atoms with E-state index in [2.05, 4.69) is 122 Å². The van der Waals surface area contributed by atoms with Gasteiger partial charge in [0, 0.05) is 193 Å². The number of aldehydes is 1. The molecule has 0 amide bonds. The number of Topliss-reactive ketones (excluding diaryl/α,β-unsaturated/α-hetero) is 2. The molecule has 6 aromatic carbocycles. The summed E-state index contributed by atoms with van der Waals surface area (Å²) < 4.78 is 44.0. The summed E-state index contributed by atoms with van der Waals surface area (Å²) in [6.45, 7) is 6.80. The van der Waals surface area contributed by atoms with Gasteiger partial charge in [0.15, 0.2) is 34.8 Å². The first kappa shape index (κ1) is 72.8. The molecule has 3 aliphatic rings. The van der Waals surface area contributed by atoms with Gasteiger partial charge in [-0.1, -0.05) is 93.1 Å². The minimum atomic E-state index is 0. The third-order valence-corrected chi connectivity index (χ3v) is 16.7. The van der Waals surface area contributed by atoms with Gasteiger partial charge < -0.3 is 40.8 Å². The minimum Gasteiger partial charge on any atom is -0.412 e. The largest absolute Gasteiger partial charge is 0.412 e. The summed E-state index contributed by atoms with van der Waals surface area (Å²) in [6.07, 6.45) is 26.9. The quantitative estimate of drug-likeness (QED) is 0.0241. The molecule has 3 aliphatic carbocycles. The van der Waals surface area contributed by atoms with E-state index in [-0.39, 0.29) is 42.1 Å². The standard InChI is InChI=1S/C24H20N6O.C24H19N5O.C10H7NO.C10H9NO.C4H5N3.2FHO.FH.H3NO2.H2O.Sc/c1-29-14-19(18-4-2-3-5-21(18)29)23-24(30-11-10-25-13-22(30)27-23)26-16-7-8-17-15(12-16)6-9-20(17)28-31;1-28-14-19(18-4-2-3-5-20(18)28)23-24(29-11-10-25-13-22(29)27-23)26-16-7-8-17-15(12-16)6-9-21(17)30;1-11-8-3-4-9-7(6-8)2-5-10(9)12;1-11-6-8(7-12)9-4-2-3-5-10(9)11;5-4-3-6-1-2-7-4;2*1-2;;1-3-2;;/h2-5,7-8,10-14,26,31H,6,9H2,1H3;2-5,7-8,10-14,26H,6,9H2,1H3;3-4,6H,2,5H2;2-7H,1H3;1-3H,(H2,5,7);2*2H;1H;2H,1H2;1H2;/i;;;;;2*2T;;;;/hT. The molecule has 102 heavy (non-hydrogen) atoms. The number of benzene rings is 6. The number of imidazole rings is 2. The molecule has 0 saturated carbocycles. The number of nitrogens with two attached hydrogens (primary N) is 2. The number of nitrogens with one attached hydrogen (secondary N) is 2. The van der Waals surface area contributed by atoms with Crippen molar-refractivity contribution >= 4 is 102 Å². The SMILES string of the molecule is Cn1cc(-c2nc3cnccn3c2Nc2ccc3c(c2)CCC3=NO)c2ccccc21.Cn1cc(-c2nc3cnccn3c2Nc2ccc3c(c2)CCC3=O)c2ccccc21.Cn1cc(C=O)c2ccccc21.F.NOO.Nc1cnccn1.[3H]O.[3H]OF.[3H]OF.[C-]#[N+]c1ccc2c(c1)CCC2=O.[Sc]. The number of carbonyl (C=O) groups excluding carboxylic acids is 3. The molecular weight excluding hydrogens is 1350 g/mol.